The second kappa shape index (κ2) is 6.16. The van der Waals surface area contributed by atoms with Crippen LogP contribution in [0.4, 0.5) is 0 Å². The first-order valence-corrected chi connectivity index (χ1v) is 7.50. The van der Waals surface area contributed by atoms with Gasteiger partial charge in [-0.2, -0.15) is 0 Å². The van der Waals surface area contributed by atoms with Crippen molar-refractivity contribution >= 4 is 16.9 Å². The van der Waals surface area contributed by atoms with Crippen LogP contribution in [0, 0.1) is 6.92 Å². The smallest absolute Gasteiger partial charge is 0.307 e. The van der Waals surface area contributed by atoms with Gasteiger partial charge in [-0.1, -0.05) is 24.3 Å². The standard InChI is InChI=1S/C19H19NO3/c1-13-11-20(12-14-3-6-16(23-2)7-4-14)18-9-15(10-19(21)22)5-8-17(13)18/h3-9,11H,10,12H2,1-2H3,(H,21,22). The van der Waals surface area contributed by atoms with Gasteiger partial charge in [0.2, 0.25) is 0 Å². The lowest BCUT2D eigenvalue weighted by molar-refractivity contribution is -0.136. The van der Waals surface area contributed by atoms with Crippen molar-refractivity contribution in [3.63, 3.8) is 0 Å². The number of rotatable bonds is 5. The lowest BCUT2D eigenvalue weighted by atomic mass is 10.1. The molecule has 4 nitrogen and oxygen atoms in total. The van der Waals surface area contributed by atoms with Crippen molar-refractivity contribution in [3.8, 4) is 5.75 Å². The van der Waals surface area contributed by atoms with E-state index in [2.05, 4.69) is 17.7 Å². The lowest BCUT2D eigenvalue weighted by Gasteiger charge is -2.08. The van der Waals surface area contributed by atoms with Crippen molar-refractivity contribution in [2.24, 2.45) is 0 Å². The Balaban J connectivity index is 1.96. The summed E-state index contributed by atoms with van der Waals surface area (Å²) in [5, 5.41) is 10.1. The topological polar surface area (TPSA) is 51.5 Å². The van der Waals surface area contributed by atoms with Crippen LogP contribution in [0.1, 0.15) is 16.7 Å². The molecule has 4 heteroatoms. The molecule has 1 N–H and O–H groups in total. The summed E-state index contributed by atoms with van der Waals surface area (Å²) < 4.78 is 7.35. The van der Waals surface area contributed by atoms with Crippen LogP contribution in [0.3, 0.4) is 0 Å². The number of fused-ring (bicyclic) bond motifs is 1. The summed E-state index contributed by atoms with van der Waals surface area (Å²) >= 11 is 0. The van der Waals surface area contributed by atoms with Gasteiger partial charge < -0.3 is 14.4 Å². The predicted molar refractivity (Wildman–Crippen MR) is 90.1 cm³/mol. The average Bonchev–Trinajstić information content (AvgIpc) is 2.83. The van der Waals surface area contributed by atoms with Crippen LogP contribution < -0.4 is 4.74 Å². The summed E-state index contributed by atoms with van der Waals surface area (Å²) in [5.74, 6) is 0.0281. The van der Waals surface area contributed by atoms with Gasteiger partial charge in [0.05, 0.1) is 13.5 Å². The van der Waals surface area contributed by atoms with Crippen LogP contribution >= 0.6 is 0 Å². The highest BCUT2D eigenvalue weighted by Crippen LogP contribution is 2.24. The molecule has 3 aromatic rings. The number of aliphatic carboxylic acids is 1. The fraction of sp³-hybridized carbons (Fsp3) is 0.211. The van der Waals surface area contributed by atoms with E-state index in [-0.39, 0.29) is 6.42 Å². The fourth-order valence-electron chi connectivity index (χ4n) is 2.86. The summed E-state index contributed by atoms with van der Waals surface area (Å²) in [4.78, 5) is 10.9. The van der Waals surface area contributed by atoms with Gasteiger partial charge in [-0.05, 0) is 41.8 Å². The Morgan fingerprint density at radius 2 is 1.83 bits per heavy atom. The van der Waals surface area contributed by atoms with E-state index < -0.39 is 5.97 Å². The Labute approximate surface area is 134 Å². The van der Waals surface area contributed by atoms with Gasteiger partial charge in [-0.3, -0.25) is 4.79 Å². The van der Waals surface area contributed by atoms with Crippen LogP contribution in [0.15, 0.2) is 48.7 Å². The molecule has 1 aromatic heterocycles. The molecule has 0 amide bonds. The van der Waals surface area contributed by atoms with E-state index in [1.165, 1.54) is 11.1 Å². The zero-order valence-electron chi connectivity index (χ0n) is 13.2. The zero-order chi connectivity index (χ0) is 16.4. The summed E-state index contributed by atoms with van der Waals surface area (Å²) in [5.41, 5.74) is 4.25. The zero-order valence-corrected chi connectivity index (χ0v) is 13.2. The fourth-order valence-corrected chi connectivity index (χ4v) is 2.86. The van der Waals surface area contributed by atoms with Gasteiger partial charge in [0.25, 0.3) is 0 Å². The van der Waals surface area contributed by atoms with Gasteiger partial charge >= 0.3 is 5.97 Å². The van der Waals surface area contributed by atoms with Gasteiger partial charge in [0.1, 0.15) is 5.75 Å². The van der Waals surface area contributed by atoms with Gasteiger partial charge in [0.15, 0.2) is 0 Å². The number of hydrogen-bond donors (Lipinski definition) is 1. The van der Waals surface area contributed by atoms with Gasteiger partial charge in [0, 0.05) is 23.6 Å². The summed E-state index contributed by atoms with van der Waals surface area (Å²) in [6.07, 6.45) is 2.15. The number of benzene rings is 2. The second-order valence-electron chi connectivity index (χ2n) is 5.71. The number of nitrogens with zero attached hydrogens (tertiary/aromatic N) is 1. The monoisotopic (exact) mass is 309 g/mol. The van der Waals surface area contributed by atoms with E-state index in [9.17, 15) is 4.79 Å². The maximum absolute atomic E-state index is 10.9. The largest absolute Gasteiger partial charge is 0.497 e. The molecule has 0 aliphatic rings. The molecule has 0 atom stereocenters. The van der Waals surface area contributed by atoms with Crippen LogP contribution in [-0.4, -0.2) is 22.8 Å². The second-order valence-corrected chi connectivity index (χ2v) is 5.71. The highest BCUT2D eigenvalue weighted by atomic mass is 16.5. The molecule has 0 saturated heterocycles. The molecular weight excluding hydrogens is 290 g/mol. The molecule has 3 rings (SSSR count). The van der Waals surface area contributed by atoms with Crippen molar-refractivity contribution in [2.75, 3.05) is 7.11 Å². The number of methoxy groups -OCH3 is 1. The molecule has 0 radical (unpaired) electrons. The molecule has 0 bridgehead atoms. The number of carboxylic acids is 1. The predicted octanol–water partition coefficient (Wildman–Crippen LogP) is 3.63. The highest BCUT2D eigenvalue weighted by molar-refractivity contribution is 5.85. The minimum Gasteiger partial charge on any atom is -0.497 e. The van der Waals surface area contributed by atoms with Crippen molar-refractivity contribution in [2.45, 2.75) is 19.9 Å². The number of aryl methyl sites for hydroxylation is 1. The Morgan fingerprint density at radius 1 is 1.13 bits per heavy atom. The first-order chi connectivity index (χ1) is 11.1. The summed E-state index contributed by atoms with van der Waals surface area (Å²) in [7, 11) is 1.65. The number of carboxylic acid groups (broad SMARTS) is 1. The van der Waals surface area contributed by atoms with Crippen LogP contribution in [0.25, 0.3) is 10.9 Å². The van der Waals surface area contributed by atoms with E-state index in [4.69, 9.17) is 9.84 Å². The van der Waals surface area contributed by atoms with Crippen molar-refractivity contribution < 1.29 is 14.6 Å². The first kappa shape index (κ1) is 15.2. The summed E-state index contributed by atoms with van der Waals surface area (Å²) in [6.45, 7) is 2.81. The SMILES string of the molecule is COc1ccc(Cn2cc(C)c3ccc(CC(=O)O)cc32)cc1. The third-order valence-electron chi connectivity index (χ3n) is 4.01. The minimum absolute atomic E-state index is 0.0443. The van der Waals surface area contributed by atoms with Crippen LogP contribution in [0.2, 0.25) is 0 Å². The van der Waals surface area contributed by atoms with Crippen molar-refractivity contribution in [1.29, 1.82) is 0 Å². The summed E-state index contributed by atoms with van der Waals surface area (Å²) in [6, 6.07) is 13.9. The number of carbonyl (C=O) groups is 1. The minimum atomic E-state index is -0.811. The Kier molecular flexibility index (Phi) is 4.06. The normalized spacial score (nSPS) is 10.9. The van der Waals surface area contributed by atoms with Crippen LogP contribution in [-0.2, 0) is 17.8 Å². The third-order valence-corrected chi connectivity index (χ3v) is 4.01. The molecule has 23 heavy (non-hydrogen) atoms. The van der Waals surface area contributed by atoms with Crippen LogP contribution in [0.5, 0.6) is 5.75 Å². The van der Waals surface area contributed by atoms with Gasteiger partial charge in [-0.15, -0.1) is 0 Å². The molecule has 0 fully saturated rings. The molecule has 0 spiro atoms. The van der Waals surface area contributed by atoms with Crippen molar-refractivity contribution in [3.05, 3.63) is 65.4 Å². The van der Waals surface area contributed by atoms with E-state index in [0.717, 1.165) is 28.8 Å². The maximum atomic E-state index is 10.9. The molecule has 118 valence electrons. The van der Waals surface area contributed by atoms with E-state index >= 15 is 0 Å². The lowest BCUT2D eigenvalue weighted by Crippen LogP contribution is -2.01. The number of hydrogen-bond acceptors (Lipinski definition) is 2. The first-order valence-electron chi connectivity index (χ1n) is 7.50. The van der Waals surface area contributed by atoms with E-state index in [1.807, 2.05) is 42.5 Å². The quantitative estimate of drug-likeness (QED) is 0.783. The third kappa shape index (κ3) is 3.21. The van der Waals surface area contributed by atoms with Crippen molar-refractivity contribution in [1.82, 2.24) is 4.57 Å². The Morgan fingerprint density at radius 3 is 2.48 bits per heavy atom. The average molecular weight is 309 g/mol. The van der Waals surface area contributed by atoms with E-state index in [1.54, 1.807) is 7.11 Å². The molecule has 0 aliphatic carbocycles. The number of aromatic nitrogens is 1. The molecule has 1 heterocycles. The number of ether oxygens (including phenoxy) is 1. The molecule has 0 unspecified atom stereocenters. The Hall–Kier alpha value is -2.75. The Bertz CT molecular complexity index is 847. The van der Waals surface area contributed by atoms with Gasteiger partial charge in [-0.25, -0.2) is 0 Å². The molecular formula is C19H19NO3. The molecule has 2 aromatic carbocycles. The van der Waals surface area contributed by atoms with E-state index in [0.29, 0.717) is 0 Å². The highest BCUT2D eigenvalue weighted by Gasteiger charge is 2.09. The maximum Gasteiger partial charge on any atom is 0.307 e. The molecule has 0 aliphatic heterocycles. The molecule has 0 saturated carbocycles.